The van der Waals surface area contributed by atoms with Gasteiger partial charge in [0.15, 0.2) is 0 Å². The highest BCUT2D eigenvalue weighted by Crippen LogP contribution is 1.89. The lowest BCUT2D eigenvalue weighted by atomic mass is 10.7. The van der Waals surface area contributed by atoms with E-state index in [-0.39, 0.29) is 0 Å². The van der Waals surface area contributed by atoms with Gasteiger partial charge in [-0.05, 0) is 6.92 Å². The summed E-state index contributed by atoms with van der Waals surface area (Å²) in [5.41, 5.74) is 0. The van der Waals surface area contributed by atoms with Crippen LogP contribution in [0.25, 0.3) is 0 Å². The van der Waals surface area contributed by atoms with Gasteiger partial charge in [0, 0.05) is 37.2 Å². The van der Waals surface area contributed by atoms with E-state index >= 15 is 0 Å². The molecule has 0 N–H and O–H groups in total. The highest BCUT2D eigenvalue weighted by atomic mass is 128. The van der Waals surface area contributed by atoms with Crippen LogP contribution >= 0.6 is 37.2 Å². The van der Waals surface area contributed by atoms with Crippen molar-refractivity contribution in [1.82, 2.24) is 0 Å². The molecule has 0 aliphatic heterocycles. The second-order valence-corrected chi connectivity index (χ2v) is 0.906. The highest BCUT2D eigenvalue weighted by molar-refractivity contribution is 15.0. The summed E-state index contributed by atoms with van der Waals surface area (Å²) in [5.74, 6) is 0.755. The molecule has 0 saturated carbocycles. The van der Waals surface area contributed by atoms with Crippen LogP contribution in [0.1, 0.15) is 6.92 Å². The topological polar surface area (TPSA) is 9.23 Å². The highest BCUT2D eigenvalue weighted by Gasteiger charge is 1.65. The van der Waals surface area contributed by atoms with Crippen LogP contribution in [0, 0.1) is 0 Å². The number of rotatable bonds is 1. The van der Waals surface area contributed by atoms with Gasteiger partial charge in [-0.2, -0.15) is 0 Å². The van der Waals surface area contributed by atoms with Crippen LogP contribution in [0.3, 0.4) is 0 Å². The van der Waals surface area contributed by atoms with Gasteiger partial charge in [0.25, 0.3) is 0 Å². The fourth-order valence-electron chi connectivity index (χ4n) is 0. The van der Waals surface area contributed by atoms with Crippen molar-refractivity contribution in [2.75, 3.05) is 7.11 Å². The number of methoxy groups -OCH3 is 1. The van der Waals surface area contributed by atoms with Crippen molar-refractivity contribution in [3.05, 3.63) is 12.3 Å². The predicted octanol–water partition coefficient (Wildman–Crippen LogP) is 2.94. The summed E-state index contributed by atoms with van der Waals surface area (Å²) in [7, 11) is 1.60. The van der Waals surface area contributed by atoms with Crippen LogP contribution in [-0.4, -0.2) is 7.11 Å². The van der Waals surface area contributed by atoms with E-state index < -0.39 is 0 Å². The van der Waals surface area contributed by atoms with E-state index in [0.29, 0.717) is 0 Å². The first-order valence-corrected chi connectivity index (χ1v) is 7.89. The van der Waals surface area contributed by atoms with Gasteiger partial charge in [0.1, 0.15) is 0 Å². The summed E-state index contributed by atoms with van der Waals surface area (Å²) in [5, 5.41) is 0. The monoisotopic (exact) mass is 326 g/mol. The van der Waals surface area contributed by atoms with Crippen molar-refractivity contribution >= 4 is 37.2 Å². The zero-order valence-corrected chi connectivity index (χ0v) is 8.69. The van der Waals surface area contributed by atoms with E-state index in [1.54, 1.807) is 14.0 Å². The van der Waals surface area contributed by atoms with Crippen molar-refractivity contribution < 1.29 is 4.74 Å². The Bertz CT molecular complexity index is 45.0. The van der Waals surface area contributed by atoms with E-state index in [2.05, 4.69) is 48.5 Å². The lowest BCUT2D eigenvalue weighted by Crippen LogP contribution is -1.70. The fourth-order valence-corrected chi connectivity index (χ4v) is 0. The Hall–Kier alpha value is 1.00. The van der Waals surface area contributed by atoms with Crippen LogP contribution in [0.4, 0.5) is 0 Å². The molecule has 0 aliphatic rings. The molecule has 0 atom stereocenters. The Kier molecular flexibility index (Phi) is 15.7. The van der Waals surface area contributed by atoms with Crippen LogP contribution < -0.4 is 0 Å². The number of hydrogen-bond donors (Lipinski definition) is 0. The molecule has 3 heteroatoms. The van der Waals surface area contributed by atoms with Crippen LogP contribution in [-0.2, 0) is 4.74 Å². The minimum atomic E-state index is 0.755. The van der Waals surface area contributed by atoms with Crippen molar-refractivity contribution in [1.29, 1.82) is 0 Å². The first-order chi connectivity index (χ1) is 3.27. The Labute approximate surface area is 67.8 Å². The minimum absolute atomic E-state index is 0.755. The Balaban J connectivity index is 0. The first kappa shape index (κ1) is 10.9. The van der Waals surface area contributed by atoms with E-state index in [0.717, 1.165) is 5.76 Å². The summed E-state index contributed by atoms with van der Waals surface area (Å²) in [6, 6.07) is 0. The van der Waals surface area contributed by atoms with Gasteiger partial charge in [-0.15, -0.1) is 0 Å². The van der Waals surface area contributed by atoms with E-state index in [1.807, 2.05) is 0 Å². The Morgan fingerprint density at radius 3 is 1.71 bits per heavy atom. The molecule has 0 bridgehead atoms. The predicted molar refractivity (Wildman–Crippen MR) is 49.9 cm³/mol. The number of allylic oxidation sites excluding steroid dienone is 1. The molecule has 0 heterocycles. The lowest BCUT2D eigenvalue weighted by Gasteiger charge is -1.88. The van der Waals surface area contributed by atoms with Crippen molar-refractivity contribution in [3.63, 3.8) is 0 Å². The molecular formula is C4H8I2O. The van der Waals surface area contributed by atoms with Gasteiger partial charge in [-0.25, -0.2) is 0 Å². The maximum Gasteiger partial charge on any atom is 0.0853 e. The maximum atomic E-state index is 4.56. The molecule has 0 unspecified atom stereocenters. The molecule has 0 aromatic rings. The molecule has 1 nitrogen and oxygen atoms in total. The first-order valence-electron chi connectivity index (χ1n) is 1.61. The second kappa shape index (κ2) is 10.1. The van der Waals surface area contributed by atoms with Gasteiger partial charge < -0.3 is 4.74 Å². The molecule has 0 saturated heterocycles. The Morgan fingerprint density at radius 1 is 1.57 bits per heavy atom. The molecule has 0 spiro atoms. The Morgan fingerprint density at radius 2 is 1.71 bits per heavy atom. The zero-order valence-electron chi connectivity index (χ0n) is 4.37. The van der Waals surface area contributed by atoms with Gasteiger partial charge in [0.05, 0.1) is 12.9 Å². The quantitative estimate of drug-likeness (QED) is 0.532. The minimum Gasteiger partial charge on any atom is -0.502 e. The summed E-state index contributed by atoms with van der Waals surface area (Å²) in [4.78, 5) is 0. The van der Waals surface area contributed by atoms with Crippen molar-refractivity contribution in [2.45, 2.75) is 6.92 Å². The average Bonchev–Trinajstić information content (AvgIpc) is 1.73. The molecular weight excluding hydrogens is 318 g/mol. The summed E-state index contributed by atoms with van der Waals surface area (Å²) in [6.45, 7) is 5.26. The molecule has 0 amide bonds. The third-order valence-corrected chi connectivity index (χ3v) is 0.348. The zero-order chi connectivity index (χ0) is 6.28. The number of halogens is 2. The second-order valence-electron chi connectivity index (χ2n) is 0.906. The van der Waals surface area contributed by atoms with Gasteiger partial charge in [-0.1, -0.05) is 6.58 Å². The third kappa shape index (κ3) is 19.4. The summed E-state index contributed by atoms with van der Waals surface area (Å²) >= 11 is 4.24. The van der Waals surface area contributed by atoms with E-state index in [4.69, 9.17) is 0 Å². The lowest BCUT2D eigenvalue weighted by molar-refractivity contribution is 0.295. The standard InChI is InChI=1S/C4H8O.I2/c1-4(2)5-3;1-2/h1H2,2-3H3;. The van der Waals surface area contributed by atoms with Gasteiger partial charge in [-0.3, -0.25) is 0 Å². The number of ether oxygens (including phenoxy) is 1. The SMILES string of the molecule is C=C(C)OC.II. The number of hydrogen-bond acceptors (Lipinski definition) is 1. The molecule has 0 radical (unpaired) electrons. The molecule has 0 aromatic heterocycles. The molecule has 0 rings (SSSR count). The largest absolute Gasteiger partial charge is 0.502 e. The maximum absolute atomic E-state index is 4.56. The van der Waals surface area contributed by atoms with E-state index in [1.165, 1.54) is 0 Å². The van der Waals surface area contributed by atoms with E-state index in [9.17, 15) is 0 Å². The fraction of sp³-hybridized carbons (Fsp3) is 0.500. The average molecular weight is 326 g/mol. The normalized spacial score (nSPS) is 5.71. The van der Waals surface area contributed by atoms with Gasteiger partial charge in [0.2, 0.25) is 0 Å². The van der Waals surface area contributed by atoms with Crippen LogP contribution in [0.15, 0.2) is 12.3 Å². The molecule has 44 valence electrons. The summed E-state index contributed by atoms with van der Waals surface area (Å²) in [6.07, 6.45) is 0. The van der Waals surface area contributed by atoms with Crippen LogP contribution in [0.5, 0.6) is 0 Å². The third-order valence-electron chi connectivity index (χ3n) is 0.348. The molecule has 0 aliphatic carbocycles. The van der Waals surface area contributed by atoms with Gasteiger partial charge >= 0.3 is 0 Å². The summed E-state index contributed by atoms with van der Waals surface area (Å²) < 4.78 is 4.56. The smallest absolute Gasteiger partial charge is 0.0853 e. The van der Waals surface area contributed by atoms with Crippen molar-refractivity contribution in [2.24, 2.45) is 0 Å². The molecule has 0 fully saturated rings. The van der Waals surface area contributed by atoms with Crippen molar-refractivity contribution in [3.8, 4) is 0 Å². The van der Waals surface area contributed by atoms with Crippen LogP contribution in [0.2, 0.25) is 0 Å². The molecule has 0 aromatic carbocycles. The molecule has 7 heavy (non-hydrogen) atoms.